The molecule has 2 aromatic carbocycles. The minimum atomic E-state index is -0.680. The van der Waals surface area contributed by atoms with Crippen LogP contribution in [-0.4, -0.2) is 17.6 Å². The van der Waals surface area contributed by atoms with Gasteiger partial charge in [0.25, 0.3) is 5.91 Å². The number of hydrogen-bond donors (Lipinski definition) is 2. The van der Waals surface area contributed by atoms with Crippen LogP contribution in [0.4, 0.5) is 14.5 Å². The van der Waals surface area contributed by atoms with Crippen LogP contribution in [-0.2, 0) is 11.4 Å². The number of benzene rings is 2. The van der Waals surface area contributed by atoms with Gasteiger partial charge in [-0.25, -0.2) is 8.78 Å². The Kier molecular flexibility index (Phi) is 4.84. The average Bonchev–Trinajstić information content (AvgIpc) is 2.48. The Hall–Kier alpha value is -2.47. The van der Waals surface area contributed by atoms with Gasteiger partial charge in [0.1, 0.15) is 5.82 Å². The molecule has 0 unspecified atom stereocenters. The fourth-order valence-electron chi connectivity index (χ4n) is 1.65. The molecule has 0 aromatic heterocycles. The van der Waals surface area contributed by atoms with Gasteiger partial charge < -0.3 is 15.2 Å². The van der Waals surface area contributed by atoms with E-state index < -0.39 is 24.1 Å². The second-order valence-corrected chi connectivity index (χ2v) is 4.24. The number of carbonyl (C=O) groups is 1. The van der Waals surface area contributed by atoms with Crippen molar-refractivity contribution in [1.82, 2.24) is 0 Å². The highest BCUT2D eigenvalue weighted by atomic mass is 19.1. The second kappa shape index (κ2) is 6.81. The summed E-state index contributed by atoms with van der Waals surface area (Å²) in [5, 5.41) is 11.2. The van der Waals surface area contributed by atoms with Crippen LogP contribution in [0.3, 0.4) is 0 Å². The van der Waals surface area contributed by atoms with Crippen molar-refractivity contribution in [3.63, 3.8) is 0 Å². The summed E-state index contributed by atoms with van der Waals surface area (Å²) in [5.74, 6) is -1.97. The number of anilines is 1. The number of nitrogens with one attached hydrogen (secondary N) is 1. The van der Waals surface area contributed by atoms with Crippen molar-refractivity contribution < 1.29 is 23.4 Å². The lowest BCUT2D eigenvalue weighted by atomic mass is 10.2. The molecule has 0 spiro atoms. The van der Waals surface area contributed by atoms with Crippen molar-refractivity contribution in [2.45, 2.75) is 6.61 Å². The topological polar surface area (TPSA) is 58.6 Å². The molecular weight excluding hydrogens is 280 g/mol. The Bertz CT molecular complexity index is 647. The predicted octanol–water partition coefficient (Wildman–Crippen LogP) is 2.47. The SMILES string of the molecule is O=C(COc1ccc(CO)cc1F)Nc1ccccc1F. The molecule has 21 heavy (non-hydrogen) atoms. The number of rotatable bonds is 5. The zero-order valence-corrected chi connectivity index (χ0v) is 11.0. The molecule has 0 heterocycles. The smallest absolute Gasteiger partial charge is 0.262 e. The summed E-state index contributed by atoms with van der Waals surface area (Å²) in [6, 6.07) is 9.61. The summed E-state index contributed by atoms with van der Waals surface area (Å²) in [7, 11) is 0. The minimum absolute atomic E-state index is 0.0298. The molecule has 4 nitrogen and oxygen atoms in total. The predicted molar refractivity (Wildman–Crippen MR) is 72.8 cm³/mol. The highest BCUT2D eigenvalue weighted by Gasteiger charge is 2.09. The Morgan fingerprint density at radius 2 is 1.90 bits per heavy atom. The van der Waals surface area contributed by atoms with E-state index in [1.807, 2.05) is 0 Å². The monoisotopic (exact) mass is 293 g/mol. The van der Waals surface area contributed by atoms with Crippen LogP contribution in [0.2, 0.25) is 0 Å². The van der Waals surface area contributed by atoms with Crippen LogP contribution >= 0.6 is 0 Å². The summed E-state index contributed by atoms with van der Waals surface area (Å²) in [5.41, 5.74) is 0.429. The first-order valence-corrected chi connectivity index (χ1v) is 6.16. The van der Waals surface area contributed by atoms with Crippen LogP contribution in [0, 0.1) is 11.6 Å². The quantitative estimate of drug-likeness (QED) is 0.890. The van der Waals surface area contributed by atoms with Crippen molar-refractivity contribution in [2.24, 2.45) is 0 Å². The van der Waals surface area contributed by atoms with Crippen molar-refractivity contribution in [1.29, 1.82) is 0 Å². The number of halogens is 2. The third-order valence-electron chi connectivity index (χ3n) is 2.69. The van der Waals surface area contributed by atoms with Crippen LogP contribution in [0.1, 0.15) is 5.56 Å². The van der Waals surface area contributed by atoms with Crippen LogP contribution in [0.25, 0.3) is 0 Å². The molecule has 2 N–H and O–H groups in total. The molecule has 2 rings (SSSR count). The van der Waals surface area contributed by atoms with E-state index in [-0.39, 0.29) is 18.0 Å². The van der Waals surface area contributed by atoms with E-state index in [0.717, 1.165) is 6.07 Å². The maximum absolute atomic E-state index is 13.6. The van der Waals surface area contributed by atoms with E-state index in [0.29, 0.717) is 5.56 Å². The molecule has 0 saturated carbocycles. The number of para-hydroxylation sites is 1. The Morgan fingerprint density at radius 3 is 2.57 bits per heavy atom. The third-order valence-corrected chi connectivity index (χ3v) is 2.69. The average molecular weight is 293 g/mol. The highest BCUT2D eigenvalue weighted by Crippen LogP contribution is 2.18. The van der Waals surface area contributed by atoms with Gasteiger partial charge in [-0.05, 0) is 29.8 Å². The van der Waals surface area contributed by atoms with Crippen LogP contribution < -0.4 is 10.1 Å². The molecule has 0 saturated heterocycles. The molecular formula is C15H13F2NO3. The van der Waals surface area contributed by atoms with Gasteiger partial charge in [-0.1, -0.05) is 18.2 Å². The van der Waals surface area contributed by atoms with E-state index in [4.69, 9.17) is 9.84 Å². The first-order valence-electron chi connectivity index (χ1n) is 6.16. The van der Waals surface area contributed by atoms with E-state index >= 15 is 0 Å². The Morgan fingerprint density at radius 1 is 1.14 bits per heavy atom. The Labute approximate surface area is 120 Å². The molecule has 6 heteroatoms. The van der Waals surface area contributed by atoms with Gasteiger partial charge in [0.2, 0.25) is 0 Å². The number of aliphatic hydroxyl groups excluding tert-OH is 1. The van der Waals surface area contributed by atoms with Gasteiger partial charge >= 0.3 is 0 Å². The molecule has 110 valence electrons. The van der Waals surface area contributed by atoms with Crippen molar-refractivity contribution in [3.05, 3.63) is 59.7 Å². The minimum Gasteiger partial charge on any atom is -0.481 e. The van der Waals surface area contributed by atoms with Gasteiger partial charge in [-0.3, -0.25) is 4.79 Å². The normalized spacial score (nSPS) is 10.2. The molecule has 0 atom stereocenters. The lowest BCUT2D eigenvalue weighted by molar-refractivity contribution is -0.118. The van der Waals surface area contributed by atoms with Crippen molar-refractivity contribution in [3.8, 4) is 5.75 Å². The maximum atomic E-state index is 13.6. The fraction of sp³-hybridized carbons (Fsp3) is 0.133. The zero-order valence-electron chi connectivity index (χ0n) is 11.0. The highest BCUT2D eigenvalue weighted by molar-refractivity contribution is 5.91. The summed E-state index contributed by atoms with van der Waals surface area (Å²) < 4.78 is 31.9. The number of hydrogen-bond acceptors (Lipinski definition) is 3. The van der Waals surface area contributed by atoms with Crippen molar-refractivity contribution >= 4 is 11.6 Å². The molecule has 2 aromatic rings. The van der Waals surface area contributed by atoms with E-state index in [1.165, 1.54) is 30.3 Å². The largest absolute Gasteiger partial charge is 0.481 e. The molecule has 0 aliphatic carbocycles. The molecule has 0 aliphatic heterocycles. The van der Waals surface area contributed by atoms with Crippen LogP contribution in [0.15, 0.2) is 42.5 Å². The lowest BCUT2D eigenvalue weighted by Gasteiger charge is -2.09. The van der Waals surface area contributed by atoms with Gasteiger partial charge in [-0.2, -0.15) is 0 Å². The van der Waals surface area contributed by atoms with E-state index in [2.05, 4.69) is 5.32 Å². The number of ether oxygens (including phenoxy) is 1. The fourth-order valence-corrected chi connectivity index (χ4v) is 1.65. The lowest BCUT2D eigenvalue weighted by Crippen LogP contribution is -2.21. The van der Waals surface area contributed by atoms with Gasteiger partial charge in [0, 0.05) is 0 Å². The van der Waals surface area contributed by atoms with Gasteiger partial charge in [0.15, 0.2) is 18.2 Å². The van der Waals surface area contributed by atoms with Crippen LogP contribution in [0.5, 0.6) is 5.75 Å². The number of aliphatic hydroxyl groups is 1. The van der Waals surface area contributed by atoms with Crippen molar-refractivity contribution in [2.75, 3.05) is 11.9 Å². The second-order valence-electron chi connectivity index (χ2n) is 4.24. The molecule has 0 bridgehead atoms. The van der Waals surface area contributed by atoms with Gasteiger partial charge in [-0.15, -0.1) is 0 Å². The van der Waals surface area contributed by atoms with Gasteiger partial charge in [0.05, 0.1) is 12.3 Å². The number of amides is 1. The number of carbonyl (C=O) groups excluding carboxylic acids is 1. The molecule has 0 radical (unpaired) electrons. The molecule has 1 amide bonds. The Balaban J connectivity index is 1.94. The first kappa shape index (κ1) is 14.9. The summed E-state index contributed by atoms with van der Waals surface area (Å²) in [6.07, 6.45) is 0. The summed E-state index contributed by atoms with van der Waals surface area (Å²) in [4.78, 5) is 11.6. The van der Waals surface area contributed by atoms with E-state index in [9.17, 15) is 13.6 Å². The standard InChI is InChI=1S/C15H13F2NO3/c16-11-3-1-2-4-13(11)18-15(20)9-21-14-6-5-10(8-19)7-12(14)17/h1-7,19H,8-9H2,(H,18,20). The zero-order chi connectivity index (χ0) is 15.2. The molecule has 0 fully saturated rings. The first-order chi connectivity index (χ1) is 10.1. The van der Waals surface area contributed by atoms with E-state index in [1.54, 1.807) is 6.07 Å². The maximum Gasteiger partial charge on any atom is 0.262 e. The summed E-state index contributed by atoms with van der Waals surface area (Å²) >= 11 is 0. The summed E-state index contributed by atoms with van der Waals surface area (Å²) in [6.45, 7) is -0.741. The third kappa shape index (κ3) is 4.00. The molecule has 0 aliphatic rings.